The van der Waals surface area contributed by atoms with E-state index in [9.17, 15) is 4.79 Å². The summed E-state index contributed by atoms with van der Waals surface area (Å²) in [6.07, 6.45) is 5.82. The van der Waals surface area contributed by atoms with Crippen molar-refractivity contribution in [2.45, 2.75) is 37.5 Å². The fourth-order valence-corrected chi connectivity index (χ4v) is 5.03. The first kappa shape index (κ1) is 25.7. The van der Waals surface area contributed by atoms with Crippen LogP contribution < -0.4 is 25.4 Å². The predicted molar refractivity (Wildman–Crippen MR) is 143 cm³/mol. The molecule has 37 heavy (non-hydrogen) atoms. The van der Waals surface area contributed by atoms with Gasteiger partial charge in [0.05, 0.1) is 49.4 Å². The van der Waals surface area contributed by atoms with Gasteiger partial charge in [-0.2, -0.15) is 0 Å². The number of hydrogen-bond acceptors (Lipinski definition) is 8. The monoisotopic (exact) mass is 544 g/mol. The van der Waals surface area contributed by atoms with Gasteiger partial charge in [0.15, 0.2) is 5.75 Å². The molecule has 1 saturated carbocycles. The molecule has 5 rings (SSSR count). The lowest BCUT2D eigenvalue weighted by atomic mass is 9.98. The highest BCUT2D eigenvalue weighted by Gasteiger charge is 2.49. The maximum absolute atomic E-state index is 13.2. The maximum atomic E-state index is 13.2. The Hall–Kier alpha value is -2.92. The SMILES string of the molecule is COc1c(Cl)cccc1NC(=S)C1=C(NCc2ccncc2OC[C@@H]2COCCO2)CC2(CC2)NC1=O. The standard InChI is InChI=1S/C26H29ClN4O5S/c1-33-23-18(27)3-2-4-19(23)30-25(37)22-20(11-26(6-7-26)31-24(22)32)29-12-16-5-8-28-13-21(16)36-15-17-14-34-9-10-35-17/h2-5,8,13,17,29H,6-7,9-12,14-15H2,1H3,(H,30,37)(H,31,32)/t17-/m0/s1. The topological polar surface area (TPSA) is 103 Å². The highest BCUT2D eigenvalue weighted by molar-refractivity contribution is 7.81. The van der Waals surface area contributed by atoms with Gasteiger partial charge in [-0.05, 0) is 31.0 Å². The Bertz CT molecular complexity index is 1210. The van der Waals surface area contributed by atoms with Gasteiger partial charge >= 0.3 is 0 Å². The molecule has 2 aliphatic heterocycles. The molecule has 1 aromatic heterocycles. The van der Waals surface area contributed by atoms with E-state index in [-0.39, 0.29) is 22.5 Å². The summed E-state index contributed by atoms with van der Waals surface area (Å²) in [5.74, 6) is 0.907. The van der Waals surface area contributed by atoms with Crippen LogP contribution >= 0.6 is 23.8 Å². The second-order valence-corrected chi connectivity index (χ2v) is 10.1. The van der Waals surface area contributed by atoms with Crippen LogP contribution in [-0.4, -0.2) is 61.1 Å². The van der Waals surface area contributed by atoms with Crippen LogP contribution in [0.4, 0.5) is 5.69 Å². The molecule has 11 heteroatoms. The number of rotatable bonds is 9. The maximum Gasteiger partial charge on any atom is 0.256 e. The number of hydrogen-bond donors (Lipinski definition) is 3. The van der Waals surface area contributed by atoms with Gasteiger partial charge in [0.25, 0.3) is 5.91 Å². The van der Waals surface area contributed by atoms with Crippen molar-refractivity contribution < 1.29 is 23.7 Å². The summed E-state index contributed by atoms with van der Waals surface area (Å²) in [5.41, 5.74) is 2.47. The highest BCUT2D eigenvalue weighted by atomic mass is 35.5. The zero-order chi connectivity index (χ0) is 25.8. The second kappa shape index (κ2) is 11.2. The van der Waals surface area contributed by atoms with Crippen LogP contribution in [0, 0.1) is 0 Å². The number of thiocarbonyl (C=S) groups is 1. The van der Waals surface area contributed by atoms with E-state index in [2.05, 4.69) is 20.9 Å². The molecule has 0 radical (unpaired) electrons. The third kappa shape index (κ3) is 5.98. The van der Waals surface area contributed by atoms with E-state index in [0.717, 1.165) is 24.1 Å². The minimum Gasteiger partial charge on any atom is -0.493 e. The van der Waals surface area contributed by atoms with E-state index in [1.807, 2.05) is 6.07 Å². The molecule has 0 bridgehead atoms. The van der Waals surface area contributed by atoms with Gasteiger partial charge in [-0.1, -0.05) is 29.9 Å². The van der Waals surface area contributed by atoms with Crippen molar-refractivity contribution in [2.24, 2.45) is 0 Å². The largest absolute Gasteiger partial charge is 0.493 e. The quantitative estimate of drug-likeness (QED) is 0.410. The summed E-state index contributed by atoms with van der Waals surface area (Å²) in [6, 6.07) is 7.21. The molecule has 1 saturated heterocycles. The number of amides is 1. The van der Waals surface area contributed by atoms with Crippen LogP contribution in [0.3, 0.4) is 0 Å². The summed E-state index contributed by atoms with van der Waals surface area (Å²) < 4.78 is 22.6. The van der Waals surface area contributed by atoms with E-state index < -0.39 is 0 Å². The lowest BCUT2D eigenvalue weighted by Gasteiger charge is -2.29. The number of methoxy groups -OCH3 is 1. The molecule has 1 spiro atoms. The number of ether oxygens (including phenoxy) is 4. The van der Waals surface area contributed by atoms with E-state index in [1.54, 1.807) is 30.6 Å². The van der Waals surface area contributed by atoms with Crippen LogP contribution in [-0.2, 0) is 20.8 Å². The van der Waals surface area contributed by atoms with Gasteiger partial charge in [-0.15, -0.1) is 0 Å². The molecule has 1 amide bonds. The fraction of sp³-hybridized carbons (Fsp3) is 0.423. The number of nitrogens with zero attached hydrogens (tertiary/aromatic N) is 1. The number of carbonyl (C=O) groups excluding carboxylic acids is 1. The van der Waals surface area contributed by atoms with Crippen LogP contribution in [0.2, 0.25) is 5.02 Å². The molecule has 3 N–H and O–H groups in total. The average Bonchev–Trinajstić information content (AvgIpc) is 3.64. The Kier molecular flexibility index (Phi) is 7.80. The van der Waals surface area contributed by atoms with E-state index in [0.29, 0.717) is 67.2 Å². The third-order valence-corrected chi connectivity index (χ3v) is 7.20. The van der Waals surface area contributed by atoms with E-state index in [4.69, 9.17) is 42.8 Å². The summed E-state index contributed by atoms with van der Waals surface area (Å²) in [6.45, 7) is 2.47. The van der Waals surface area contributed by atoms with Crippen molar-refractivity contribution in [3.05, 3.63) is 58.5 Å². The van der Waals surface area contributed by atoms with Crippen LogP contribution in [0.15, 0.2) is 47.9 Å². The van der Waals surface area contributed by atoms with Gasteiger partial charge in [-0.25, -0.2) is 0 Å². The van der Waals surface area contributed by atoms with E-state index >= 15 is 0 Å². The zero-order valence-electron chi connectivity index (χ0n) is 20.5. The summed E-state index contributed by atoms with van der Waals surface area (Å²) in [7, 11) is 1.54. The Balaban J connectivity index is 1.34. The number of benzene rings is 1. The lowest BCUT2D eigenvalue weighted by Crippen LogP contribution is -2.47. The number of carbonyl (C=O) groups is 1. The number of anilines is 1. The fourth-order valence-electron chi connectivity index (χ4n) is 4.46. The van der Waals surface area contributed by atoms with Crippen molar-refractivity contribution in [1.82, 2.24) is 15.6 Å². The molecule has 3 aliphatic rings. The molecule has 1 aliphatic carbocycles. The zero-order valence-corrected chi connectivity index (χ0v) is 22.0. The minimum absolute atomic E-state index is 0.118. The number of pyridine rings is 1. The Morgan fingerprint density at radius 2 is 2.19 bits per heavy atom. The van der Waals surface area contributed by atoms with Crippen LogP contribution in [0.5, 0.6) is 11.5 Å². The number of para-hydroxylation sites is 1. The smallest absolute Gasteiger partial charge is 0.256 e. The average molecular weight is 545 g/mol. The minimum atomic E-state index is -0.206. The van der Waals surface area contributed by atoms with Crippen molar-refractivity contribution >= 4 is 40.4 Å². The number of aromatic nitrogens is 1. The normalized spacial score (nSPS) is 20.3. The van der Waals surface area contributed by atoms with Gasteiger partial charge in [-0.3, -0.25) is 9.78 Å². The molecule has 2 aromatic rings. The van der Waals surface area contributed by atoms with Crippen molar-refractivity contribution in [3.8, 4) is 11.5 Å². The van der Waals surface area contributed by atoms with Gasteiger partial charge in [0, 0.05) is 36.0 Å². The second-order valence-electron chi connectivity index (χ2n) is 9.26. The molecule has 196 valence electrons. The van der Waals surface area contributed by atoms with Gasteiger partial charge in [0.2, 0.25) is 0 Å². The molecule has 9 nitrogen and oxygen atoms in total. The number of nitrogens with one attached hydrogen (secondary N) is 3. The van der Waals surface area contributed by atoms with Crippen molar-refractivity contribution in [3.63, 3.8) is 0 Å². The molecule has 1 atom stereocenters. The first-order valence-electron chi connectivity index (χ1n) is 12.2. The van der Waals surface area contributed by atoms with Gasteiger partial charge < -0.3 is 34.9 Å². The Labute approximate surface area is 225 Å². The molecule has 3 heterocycles. The Morgan fingerprint density at radius 1 is 1.32 bits per heavy atom. The van der Waals surface area contributed by atoms with Crippen molar-refractivity contribution in [1.29, 1.82) is 0 Å². The molecular formula is C26H29ClN4O5S. The summed E-state index contributed by atoms with van der Waals surface area (Å²) >= 11 is 12.0. The molecule has 0 unspecified atom stereocenters. The summed E-state index contributed by atoms with van der Waals surface area (Å²) in [5, 5.41) is 10.2. The highest BCUT2D eigenvalue weighted by Crippen LogP contribution is 2.44. The van der Waals surface area contributed by atoms with Crippen LogP contribution in [0.25, 0.3) is 0 Å². The van der Waals surface area contributed by atoms with Crippen molar-refractivity contribution in [2.75, 3.05) is 38.9 Å². The first-order valence-corrected chi connectivity index (χ1v) is 12.9. The Morgan fingerprint density at radius 3 is 2.95 bits per heavy atom. The molecular weight excluding hydrogens is 516 g/mol. The predicted octanol–water partition coefficient (Wildman–Crippen LogP) is 3.37. The van der Waals surface area contributed by atoms with Crippen LogP contribution in [0.1, 0.15) is 24.8 Å². The first-order chi connectivity index (χ1) is 18.0. The third-order valence-electron chi connectivity index (χ3n) is 6.59. The summed E-state index contributed by atoms with van der Waals surface area (Å²) in [4.78, 5) is 17.7. The molecule has 2 fully saturated rings. The molecule has 1 aromatic carbocycles. The number of halogens is 1. The lowest BCUT2D eigenvalue weighted by molar-refractivity contribution is -0.118. The van der Waals surface area contributed by atoms with E-state index in [1.165, 1.54) is 7.11 Å². The van der Waals surface area contributed by atoms with Gasteiger partial charge in [0.1, 0.15) is 23.4 Å².